The lowest BCUT2D eigenvalue weighted by Crippen LogP contribution is -2.29. The second-order valence-corrected chi connectivity index (χ2v) is 3.29. The smallest absolute Gasteiger partial charge is 0.328 e. The van der Waals surface area contributed by atoms with Crippen molar-refractivity contribution in [2.75, 3.05) is 19.8 Å². The molecule has 0 aliphatic carbocycles. The van der Waals surface area contributed by atoms with Gasteiger partial charge in [0.25, 0.3) is 0 Å². The minimum Gasteiger partial charge on any atom is -0.478 e. The fourth-order valence-electron chi connectivity index (χ4n) is 0.293. The Balaban J connectivity index is 0. The SMILES string of the molecule is CC(CO)(CO)CO.O=C(O)C=CC(=O)O. The van der Waals surface area contributed by atoms with Crippen LogP contribution in [0.5, 0.6) is 0 Å². The molecule has 0 heterocycles. The van der Waals surface area contributed by atoms with Crippen LogP contribution in [0.2, 0.25) is 0 Å². The molecule has 0 fully saturated rings. The molecule has 0 saturated carbocycles. The van der Waals surface area contributed by atoms with Gasteiger partial charge in [0.15, 0.2) is 0 Å². The Morgan fingerprint density at radius 1 is 0.938 bits per heavy atom. The highest BCUT2D eigenvalue weighted by Crippen LogP contribution is 2.10. The van der Waals surface area contributed by atoms with Gasteiger partial charge in [0, 0.05) is 17.6 Å². The first-order valence-electron chi connectivity index (χ1n) is 4.28. The van der Waals surface area contributed by atoms with Crippen molar-refractivity contribution in [2.24, 2.45) is 5.41 Å². The molecule has 0 amide bonds. The molecule has 0 aliphatic rings. The largest absolute Gasteiger partial charge is 0.478 e. The van der Waals surface area contributed by atoms with Gasteiger partial charge in [-0.25, -0.2) is 9.59 Å². The highest BCUT2D eigenvalue weighted by molar-refractivity contribution is 5.89. The molecule has 7 heteroatoms. The number of aliphatic hydroxyl groups excluding tert-OH is 3. The average molecular weight is 236 g/mol. The summed E-state index contributed by atoms with van der Waals surface area (Å²) in [5.41, 5.74) is -0.708. The molecule has 0 aromatic rings. The second-order valence-electron chi connectivity index (χ2n) is 3.29. The summed E-state index contributed by atoms with van der Waals surface area (Å²) in [4.78, 5) is 19.1. The summed E-state index contributed by atoms with van der Waals surface area (Å²) >= 11 is 0. The lowest BCUT2D eigenvalue weighted by atomic mass is 9.95. The van der Waals surface area contributed by atoms with Crippen LogP contribution in [0.25, 0.3) is 0 Å². The van der Waals surface area contributed by atoms with Crippen LogP contribution in [0.1, 0.15) is 6.92 Å². The number of hydrogen-bond donors (Lipinski definition) is 5. The van der Waals surface area contributed by atoms with Crippen molar-refractivity contribution in [3.05, 3.63) is 12.2 Å². The number of carbonyl (C=O) groups is 2. The van der Waals surface area contributed by atoms with Crippen molar-refractivity contribution < 1.29 is 35.1 Å². The Morgan fingerprint density at radius 3 is 1.25 bits per heavy atom. The van der Waals surface area contributed by atoms with Crippen LogP contribution in [-0.4, -0.2) is 57.3 Å². The minimum absolute atomic E-state index is 0.181. The average Bonchev–Trinajstić information content (AvgIpc) is 2.26. The Hall–Kier alpha value is -1.44. The van der Waals surface area contributed by atoms with E-state index in [9.17, 15) is 9.59 Å². The zero-order chi connectivity index (χ0) is 13.2. The lowest BCUT2D eigenvalue weighted by molar-refractivity contribution is -0.134. The standard InChI is InChI=1S/C5H12O3.C4H4O4/c1-5(2-6,3-7)4-8;5-3(6)1-2-4(7)8/h6-8H,2-4H2,1H3;1-2H,(H,5,6)(H,7,8). The van der Waals surface area contributed by atoms with Gasteiger partial charge in [0.05, 0.1) is 19.8 Å². The van der Waals surface area contributed by atoms with Crippen molar-refractivity contribution in [1.82, 2.24) is 0 Å². The predicted molar refractivity (Wildman–Crippen MR) is 53.8 cm³/mol. The first-order valence-corrected chi connectivity index (χ1v) is 4.28. The van der Waals surface area contributed by atoms with Crippen LogP contribution in [0.15, 0.2) is 12.2 Å². The van der Waals surface area contributed by atoms with E-state index < -0.39 is 17.4 Å². The highest BCUT2D eigenvalue weighted by atomic mass is 16.4. The third-order valence-corrected chi connectivity index (χ3v) is 1.51. The highest BCUT2D eigenvalue weighted by Gasteiger charge is 2.20. The van der Waals surface area contributed by atoms with Crippen LogP contribution in [0.4, 0.5) is 0 Å². The molecule has 0 aliphatic heterocycles. The Labute approximate surface area is 92.3 Å². The monoisotopic (exact) mass is 236 g/mol. The summed E-state index contributed by atoms with van der Waals surface area (Å²) in [7, 11) is 0. The summed E-state index contributed by atoms with van der Waals surface area (Å²) in [6, 6.07) is 0. The molecule has 0 bridgehead atoms. The lowest BCUT2D eigenvalue weighted by Gasteiger charge is -2.20. The minimum atomic E-state index is -1.26. The van der Waals surface area contributed by atoms with Crippen LogP contribution in [0, 0.1) is 5.41 Å². The first-order chi connectivity index (χ1) is 7.31. The zero-order valence-corrected chi connectivity index (χ0v) is 8.83. The fourth-order valence-corrected chi connectivity index (χ4v) is 0.293. The number of rotatable bonds is 5. The van der Waals surface area contributed by atoms with Gasteiger partial charge in [0.1, 0.15) is 0 Å². The molecule has 0 saturated heterocycles. The van der Waals surface area contributed by atoms with Gasteiger partial charge < -0.3 is 25.5 Å². The van der Waals surface area contributed by atoms with Crippen molar-refractivity contribution in [2.45, 2.75) is 6.92 Å². The predicted octanol–water partition coefficient (Wildman–Crippen LogP) is -1.32. The molecule has 0 rings (SSSR count). The van der Waals surface area contributed by atoms with Crippen molar-refractivity contribution in [1.29, 1.82) is 0 Å². The summed E-state index contributed by atoms with van der Waals surface area (Å²) < 4.78 is 0. The fraction of sp³-hybridized carbons (Fsp3) is 0.556. The maximum Gasteiger partial charge on any atom is 0.328 e. The van der Waals surface area contributed by atoms with E-state index in [-0.39, 0.29) is 19.8 Å². The van der Waals surface area contributed by atoms with Crippen LogP contribution in [-0.2, 0) is 9.59 Å². The summed E-state index contributed by atoms with van der Waals surface area (Å²) in [6.45, 7) is 1.06. The van der Waals surface area contributed by atoms with E-state index in [0.29, 0.717) is 12.2 Å². The van der Waals surface area contributed by atoms with E-state index in [1.54, 1.807) is 6.92 Å². The maximum absolute atomic E-state index is 9.55. The number of carboxylic acid groups (broad SMARTS) is 2. The van der Waals surface area contributed by atoms with E-state index in [0.717, 1.165) is 0 Å². The number of aliphatic hydroxyl groups is 3. The van der Waals surface area contributed by atoms with Gasteiger partial charge in [-0.2, -0.15) is 0 Å². The topological polar surface area (TPSA) is 135 Å². The molecule has 0 atom stereocenters. The normalized spacial score (nSPS) is 10.8. The molecule has 94 valence electrons. The quantitative estimate of drug-likeness (QED) is 0.373. The summed E-state index contributed by atoms with van der Waals surface area (Å²) in [5, 5.41) is 41.0. The van der Waals surface area contributed by atoms with Gasteiger partial charge in [0.2, 0.25) is 0 Å². The second kappa shape index (κ2) is 8.84. The molecule has 0 aromatic heterocycles. The van der Waals surface area contributed by atoms with E-state index >= 15 is 0 Å². The van der Waals surface area contributed by atoms with Crippen molar-refractivity contribution >= 4 is 11.9 Å². The molecule has 0 unspecified atom stereocenters. The summed E-state index contributed by atoms with van der Waals surface area (Å²) in [5.74, 6) is -2.51. The molecular weight excluding hydrogens is 220 g/mol. The van der Waals surface area contributed by atoms with Crippen LogP contribution >= 0.6 is 0 Å². The third kappa shape index (κ3) is 10.6. The third-order valence-electron chi connectivity index (χ3n) is 1.51. The van der Waals surface area contributed by atoms with Gasteiger partial charge in [-0.05, 0) is 0 Å². The van der Waals surface area contributed by atoms with Gasteiger partial charge >= 0.3 is 11.9 Å². The van der Waals surface area contributed by atoms with E-state index in [1.165, 1.54) is 0 Å². The van der Waals surface area contributed by atoms with Crippen molar-refractivity contribution in [3.63, 3.8) is 0 Å². The molecule has 0 spiro atoms. The molecule has 16 heavy (non-hydrogen) atoms. The Kier molecular flexibility index (Phi) is 9.37. The maximum atomic E-state index is 9.55. The first kappa shape index (κ1) is 17.0. The zero-order valence-electron chi connectivity index (χ0n) is 8.83. The van der Waals surface area contributed by atoms with Crippen LogP contribution < -0.4 is 0 Å². The van der Waals surface area contributed by atoms with Crippen molar-refractivity contribution in [3.8, 4) is 0 Å². The van der Waals surface area contributed by atoms with Crippen LogP contribution in [0.3, 0.4) is 0 Å². The van der Waals surface area contributed by atoms with Gasteiger partial charge in [-0.3, -0.25) is 0 Å². The molecule has 7 nitrogen and oxygen atoms in total. The molecule has 0 aromatic carbocycles. The number of aliphatic carboxylic acids is 2. The molecule has 0 radical (unpaired) electrons. The summed E-state index contributed by atoms with van der Waals surface area (Å²) in [6.07, 6.45) is 1.12. The van der Waals surface area contributed by atoms with E-state index in [4.69, 9.17) is 25.5 Å². The van der Waals surface area contributed by atoms with E-state index in [1.807, 2.05) is 0 Å². The Morgan fingerprint density at radius 2 is 1.19 bits per heavy atom. The van der Waals surface area contributed by atoms with Gasteiger partial charge in [-0.15, -0.1) is 0 Å². The Bertz CT molecular complexity index is 218. The number of hydrogen-bond acceptors (Lipinski definition) is 5. The molecule has 5 N–H and O–H groups in total. The van der Waals surface area contributed by atoms with Gasteiger partial charge in [-0.1, -0.05) is 6.92 Å². The molecular formula is C9H16O7. The van der Waals surface area contributed by atoms with E-state index in [2.05, 4.69) is 0 Å². The number of carboxylic acids is 2.